The molecule has 0 heterocycles. The van der Waals surface area contributed by atoms with Gasteiger partial charge in [-0.3, -0.25) is 0 Å². The van der Waals surface area contributed by atoms with Gasteiger partial charge in [0.2, 0.25) is 0 Å². The van der Waals surface area contributed by atoms with E-state index in [1.165, 1.54) is 0 Å². The Morgan fingerprint density at radius 3 is 2.42 bits per heavy atom. The van der Waals surface area contributed by atoms with Crippen LogP contribution in [-0.4, -0.2) is 12.8 Å². The fourth-order valence-electron chi connectivity index (χ4n) is 0.881. The van der Waals surface area contributed by atoms with Gasteiger partial charge in [-0.1, -0.05) is 33.2 Å². The van der Waals surface area contributed by atoms with E-state index in [-0.39, 0.29) is 0 Å². The van der Waals surface area contributed by atoms with E-state index in [0.717, 1.165) is 15.7 Å². The number of benzene rings is 1. The molecule has 0 saturated heterocycles. The van der Waals surface area contributed by atoms with Crippen molar-refractivity contribution in [3.63, 3.8) is 0 Å². The summed E-state index contributed by atoms with van der Waals surface area (Å²) in [6, 6.07) is 7.93. The first-order valence-corrected chi connectivity index (χ1v) is 4.37. The summed E-state index contributed by atoms with van der Waals surface area (Å²) in [5, 5.41) is 3.83. The number of hydrogen-bond donors (Lipinski definition) is 0. The molecule has 3 heteroatoms. The van der Waals surface area contributed by atoms with E-state index in [4.69, 9.17) is 0 Å². The molecule has 0 spiro atoms. The van der Waals surface area contributed by atoms with Crippen LogP contribution in [0.25, 0.3) is 0 Å². The van der Waals surface area contributed by atoms with Gasteiger partial charge >= 0.3 is 0 Å². The minimum atomic E-state index is 0.880. The van der Waals surface area contributed by atoms with Crippen molar-refractivity contribution in [2.24, 2.45) is 5.16 Å². The van der Waals surface area contributed by atoms with Crippen LogP contribution in [0, 0.1) is 0 Å². The van der Waals surface area contributed by atoms with Crippen LogP contribution >= 0.6 is 15.9 Å². The van der Waals surface area contributed by atoms with Crippen LogP contribution in [0.5, 0.6) is 0 Å². The van der Waals surface area contributed by atoms with Gasteiger partial charge in [0, 0.05) is 4.47 Å². The molecule has 0 aromatic heterocycles. The number of rotatable bonds is 2. The summed E-state index contributed by atoms with van der Waals surface area (Å²) in [5.74, 6) is 0. The zero-order valence-corrected chi connectivity index (χ0v) is 8.63. The molecule has 0 aliphatic rings. The molecule has 1 rings (SSSR count). The predicted molar refractivity (Wildman–Crippen MR) is 53.4 cm³/mol. The first kappa shape index (κ1) is 9.26. The Balaban J connectivity index is 2.89. The van der Waals surface area contributed by atoms with E-state index in [9.17, 15) is 0 Å². The molecule has 0 atom stereocenters. The molecule has 0 bridgehead atoms. The third-order valence-corrected chi connectivity index (χ3v) is 2.02. The zero-order chi connectivity index (χ0) is 8.97. The summed E-state index contributed by atoms with van der Waals surface area (Å²) in [5.41, 5.74) is 1.95. The van der Waals surface area contributed by atoms with E-state index in [0.29, 0.717) is 0 Å². The maximum absolute atomic E-state index is 4.66. The van der Waals surface area contributed by atoms with Crippen LogP contribution in [0.4, 0.5) is 0 Å². The Kier molecular flexibility index (Phi) is 3.29. The molecule has 0 aliphatic carbocycles. The highest BCUT2D eigenvalue weighted by molar-refractivity contribution is 9.10. The lowest BCUT2D eigenvalue weighted by Crippen LogP contribution is -1.94. The predicted octanol–water partition coefficient (Wildman–Crippen LogP) is 2.82. The van der Waals surface area contributed by atoms with Gasteiger partial charge in [0.05, 0.1) is 5.71 Å². The minimum absolute atomic E-state index is 0.880. The van der Waals surface area contributed by atoms with Crippen molar-refractivity contribution in [3.05, 3.63) is 34.3 Å². The third-order valence-electron chi connectivity index (χ3n) is 1.49. The average molecular weight is 228 g/mol. The standard InChI is InChI=1S/C9H10BrNO/c1-7(11-12-2)8-3-5-9(10)6-4-8/h3-6H,1-2H3. The molecule has 0 unspecified atom stereocenters. The zero-order valence-electron chi connectivity index (χ0n) is 7.04. The number of halogens is 1. The molecule has 12 heavy (non-hydrogen) atoms. The molecule has 64 valence electrons. The van der Waals surface area contributed by atoms with E-state index < -0.39 is 0 Å². The van der Waals surface area contributed by atoms with E-state index in [1.807, 2.05) is 31.2 Å². The molecule has 2 nitrogen and oxygen atoms in total. The van der Waals surface area contributed by atoms with Crippen LogP contribution < -0.4 is 0 Å². The lowest BCUT2D eigenvalue weighted by Gasteiger charge is -1.98. The van der Waals surface area contributed by atoms with Gasteiger partial charge in [-0.2, -0.15) is 0 Å². The van der Waals surface area contributed by atoms with Gasteiger partial charge in [-0.15, -0.1) is 0 Å². The maximum Gasteiger partial charge on any atom is 0.106 e. The third kappa shape index (κ3) is 2.34. The summed E-state index contributed by atoms with van der Waals surface area (Å²) < 4.78 is 1.07. The van der Waals surface area contributed by atoms with E-state index in [1.54, 1.807) is 7.11 Å². The van der Waals surface area contributed by atoms with Crippen LogP contribution in [0.3, 0.4) is 0 Å². The summed E-state index contributed by atoms with van der Waals surface area (Å²) in [7, 11) is 1.54. The largest absolute Gasteiger partial charge is 0.399 e. The Hall–Kier alpha value is -0.830. The Morgan fingerprint density at radius 2 is 1.92 bits per heavy atom. The van der Waals surface area contributed by atoms with Crippen LogP contribution in [-0.2, 0) is 4.84 Å². The van der Waals surface area contributed by atoms with Gasteiger partial charge in [0.25, 0.3) is 0 Å². The highest BCUT2D eigenvalue weighted by Crippen LogP contribution is 2.11. The molecule has 0 N–H and O–H groups in total. The highest BCUT2D eigenvalue weighted by atomic mass is 79.9. The van der Waals surface area contributed by atoms with Crippen LogP contribution in [0.15, 0.2) is 33.9 Å². The lowest BCUT2D eigenvalue weighted by molar-refractivity contribution is 0.213. The second-order valence-electron chi connectivity index (χ2n) is 2.37. The van der Waals surface area contributed by atoms with Crippen LogP contribution in [0.1, 0.15) is 12.5 Å². The average Bonchev–Trinajstić information content (AvgIpc) is 2.06. The normalized spacial score (nSPS) is 11.4. The Morgan fingerprint density at radius 1 is 1.33 bits per heavy atom. The van der Waals surface area contributed by atoms with Crippen molar-refractivity contribution in [1.82, 2.24) is 0 Å². The smallest absolute Gasteiger partial charge is 0.106 e. The van der Waals surface area contributed by atoms with Crippen molar-refractivity contribution in [2.45, 2.75) is 6.92 Å². The number of nitrogens with zero attached hydrogens (tertiary/aromatic N) is 1. The molecule has 1 aromatic carbocycles. The van der Waals surface area contributed by atoms with Crippen molar-refractivity contribution in [1.29, 1.82) is 0 Å². The Labute approximate surface area is 80.4 Å². The summed E-state index contributed by atoms with van der Waals surface area (Å²) in [4.78, 5) is 4.66. The second-order valence-corrected chi connectivity index (χ2v) is 3.28. The van der Waals surface area contributed by atoms with Crippen molar-refractivity contribution >= 4 is 21.6 Å². The second kappa shape index (κ2) is 4.26. The Bertz CT molecular complexity index is 279. The topological polar surface area (TPSA) is 21.6 Å². The van der Waals surface area contributed by atoms with Crippen molar-refractivity contribution in [3.8, 4) is 0 Å². The number of hydrogen-bond acceptors (Lipinski definition) is 2. The molecule has 0 radical (unpaired) electrons. The fraction of sp³-hybridized carbons (Fsp3) is 0.222. The molecule has 0 fully saturated rings. The van der Waals surface area contributed by atoms with Gasteiger partial charge in [0.1, 0.15) is 7.11 Å². The summed E-state index contributed by atoms with van der Waals surface area (Å²) in [6.45, 7) is 1.91. The van der Waals surface area contributed by atoms with Crippen LogP contribution in [0.2, 0.25) is 0 Å². The van der Waals surface area contributed by atoms with Gasteiger partial charge < -0.3 is 4.84 Å². The summed E-state index contributed by atoms with van der Waals surface area (Å²) >= 11 is 3.36. The minimum Gasteiger partial charge on any atom is -0.399 e. The molecular weight excluding hydrogens is 218 g/mol. The quantitative estimate of drug-likeness (QED) is 0.563. The highest BCUT2D eigenvalue weighted by Gasteiger charge is 1.96. The SMILES string of the molecule is CON=C(C)c1ccc(Br)cc1. The van der Waals surface area contributed by atoms with Crippen molar-refractivity contribution in [2.75, 3.05) is 7.11 Å². The molecular formula is C9H10BrNO. The maximum atomic E-state index is 4.66. The van der Waals surface area contributed by atoms with Gasteiger partial charge in [-0.25, -0.2) is 0 Å². The monoisotopic (exact) mass is 227 g/mol. The van der Waals surface area contributed by atoms with E-state index in [2.05, 4.69) is 25.9 Å². The lowest BCUT2D eigenvalue weighted by atomic mass is 10.1. The van der Waals surface area contributed by atoms with Crippen molar-refractivity contribution < 1.29 is 4.84 Å². The molecule has 0 aliphatic heterocycles. The first-order valence-electron chi connectivity index (χ1n) is 3.57. The number of oxime groups is 1. The molecule has 0 saturated carbocycles. The molecule has 1 aromatic rings. The van der Waals surface area contributed by atoms with E-state index >= 15 is 0 Å². The fourth-order valence-corrected chi connectivity index (χ4v) is 1.15. The molecule has 0 amide bonds. The first-order chi connectivity index (χ1) is 5.74. The summed E-state index contributed by atoms with van der Waals surface area (Å²) in [6.07, 6.45) is 0. The van der Waals surface area contributed by atoms with Gasteiger partial charge in [0.15, 0.2) is 0 Å². The van der Waals surface area contributed by atoms with Gasteiger partial charge in [-0.05, 0) is 24.6 Å².